The van der Waals surface area contributed by atoms with Gasteiger partial charge in [-0.05, 0) is 50.4 Å². The van der Waals surface area contributed by atoms with Gasteiger partial charge >= 0.3 is 0 Å². The molecular weight excluding hydrogens is 258 g/mol. The van der Waals surface area contributed by atoms with Crippen LogP contribution in [0.15, 0.2) is 12.1 Å². The first-order valence-electron chi connectivity index (χ1n) is 8.40. The minimum absolute atomic E-state index is 0.0933. The average molecular weight is 289 g/mol. The number of nitrogens with one attached hydrogen (secondary N) is 1. The summed E-state index contributed by atoms with van der Waals surface area (Å²) >= 11 is 0. The molecule has 1 aliphatic heterocycles. The molecule has 1 unspecified atom stereocenters. The molecule has 1 atom stereocenters. The molecule has 3 heteroatoms. The lowest BCUT2D eigenvalue weighted by Crippen LogP contribution is -2.38. The number of nitrogens with zero attached hydrogens (tertiary/aromatic N) is 2. The third-order valence-corrected chi connectivity index (χ3v) is 4.32. The molecule has 0 aliphatic carbocycles. The number of pyridine rings is 1. The summed E-state index contributed by atoms with van der Waals surface area (Å²) in [5.74, 6) is 1.17. The maximum atomic E-state index is 4.98. The summed E-state index contributed by atoms with van der Waals surface area (Å²) in [7, 11) is 0. The maximum absolute atomic E-state index is 4.98. The second kappa shape index (κ2) is 6.78. The van der Waals surface area contributed by atoms with Gasteiger partial charge in [0.05, 0.1) is 0 Å². The summed E-state index contributed by atoms with van der Waals surface area (Å²) in [6.07, 6.45) is 3.92. The molecule has 3 nitrogen and oxygen atoms in total. The molecule has 0 saturated carbocycles. The van der Waals surface area contributed by atoms with Crippen LogP contribution in [-0.2, 0) is 12.0 Å². The Morgan fingerprint density at radius 3 is 2.67 bits per heavy atom. The first kappa shape index (κ1) is 16.3. The molecule has 118 valence electrons. The number of hydrogen-bond donors (Lipinski definition) is 1. The monoisotopic (exact) mass is 289 g/mol. The SMILES string of the molecule is CCNCc1cc(N2CCCCC2C)nc(C(C)(C)C)c1. The first-order chi connectivity index (χ1) is 9.91. The zero-order chi connectivity index (χ0) is 15.5. The van der Waals surface area contributed by atoms with Crippen molar-refractivity contribution in [2.45, 2.75) is 71.9 Å². The molecule has 0 aromatic carbocycles. The minimum atomic E-state index is 0.0933. The molecule has 1 aliphatic rings. The Morgan fingerprint density at radius 2 is 2.05 bits per heavy atom. The highest BCUT2D eigenvalue weighted by atomic mass is 15.2. The van der Waals surface area contributed by atoms with Gasteiger partial charge in [-0.3, -0.25) is 0 Å². The van der Waals surface area contributed by atoms with E-state index in [0.717, 1.165) is 19.6 Å². The summed E-state index contributed by atoms with van der Waals surface area (Å²) in [6, 6.07) is 5.15. The van der Waals surface area contributed by atoms with E-state index in [1.54, 1.807) is 0 Å². The third kappa shape index (κ3) is 4.19. The Morgan fingerprint density at radius 1 is 1.29 bits per heavy atom. The van der Waals surface area contributed by atoms with Crippen LogP contribution in [0, 0.1) is 0 Å². The molecule has 0 radical (unpaired) electrons. The largest absolute Gasteiger partial charge is 0.354 e. The number of piperidine rings is 1. The lowest BCUT2D eigenvalue weighted by molar-refractivity contribution is 0.478. The highest BCUT2D eigenvalue weighted by Gasteiger charge is 2.23. The van der Waals surface area contributed by atoms with Crippen molar-refractivity contribution in [1.29, 1.82) is 0 Å². The predicted octanol–water partition coefficient (Wildman–Crippen LogP) is 3.87. The fraction of sp³-hybridized carbons (Fsp3) is 0.722. The van der Waals surface area contributed by atoms with Gasteiger partial charge in [0, 0.05) is 30.2 Å². The van der Waals surface area contributed by atoms with E-state index in [4.69, 9.17) is 4.98 Å². The molecule has 1 saturated heterocycles. The third-order valence-electron chi connectivity index (χ3n) is 4.32. The molecule has 2 rings (SSSR count). The predicted molar refractivity (Wildman–Crippen MR) is 91.0 cm³/mol. The molecule has 1 fully saturated rings. The van der Waals surface area contributed by atoms with E-state index in [-0.39, 0.29) is 5.41 Å². The van der Waals surface area contributed by atoms with E-state index in [2.05, 4.69) is 57.0 Å². The molecule has 0 spiro atoms. The van der Waals surface area contributed by atoms with E-state index in [9.17, 15) is 0 Å². The zero-order valence-electron chi connectivity index (χ0n) is 14.4. The van der Waals surface area contributed by atoms with Crippen LogP contribution in [0.3, 0.4) is 0 Å². The Bertz CT molecular complexity index is 462. The van der Waals surface area contributed by atoms with Crippen molar-refractivity contribution in [1.82, 2.24) is 10.3 Å². The number of hydrogen-bond acceptors (Lipinski definition) is 3. The molecular formula is C18H31N3. The van der Waals surface area contributed by atoms with Crippen LogP contribution in [0.25, 0.3) is 0 Å². The van der Waals surface area contributed by atoms with Crippen LogP contribution in [0.4, 0.5) is 5.82 Å². The van der Waals surface area contributed by atoms with E-state index in [0.29, 0.717) is 6.04 Å². The molecule has 2 heterocycles. The number of anilines is 1. The number of rotatable bonds is 4. The van der Waals surface area contributed by atoms with Gasteiger partial charge in [0.15, 0.2) is 0 Å². The number of aromatic nitrogens is 1. The lowest BCUT2D eigenvalue weighted by atomic mass is 9.90. The molecule has 1 N–H and O–H groups in total. The van der Waals surface area contributed by atoms with Crippen LogP contribution in [0.5, 0.6) is 0 Å². The Kier molecular flexibility index (Phi) is 5.26. The summed E-state index contributed by atoms with van der Waals surface area (Å²) < 4.78 is 0. The van der Waals surface area contributed by atoms with Gasteiger partial charge < -0.3 is 10.2 Å². The van der Waals surface area contributed by atoms with Gasteiger partial charge in [0.25, 0.3) is 0 Å². The fourth-order valence-corrected chi connectivity index (χ4v) is 2.91. The van der Waals surface area contributed by atoms with Crippen LogP contribution >= 0.6 is 0 Å². The van der Waals surface area contributed by atoms with Crippen LogP contribution in [0.1, 0.15) is 65.1 Å². The normalized spacial score (nSPS) is 19.9. The Hall–Kier alpha value is -1.09. The topological polar surface area (TPSA) is 28.2 Å². The van der Waals surface area contributed by atoms with Crippen LogP contribution < -0.4 is 10.2 Å². The van der Waals surface area contributed by atoms with Gasteiger partial charge in [-0.2, -0.15) is 0 Å². The lowest BCUT2D eigenvalue weighted by Gasteiger charge is -2.35. The van der Waals surface area contributed by atoms with E-state index in [1.807, 2.05) is 0 Å². The standard InChI is InChI=1S/C18H31N3/c1-6-19-13-15-11-16(18(3,4)5)20-17(12-15)21-10-8-7-9-14(21)2/h11-12,14,19H,6-10,13H2,1-5H3. The highest BCUT2D eigenvalue weighted by Crippen LogP contribution is 2.28. The Balaban J connectivity index is 2.34. The summed E-state index contributed by atoms with van der Waals surface area (Å²) in [6.45, 7) is 14.3. The fourth-order valence-electron chi connectivity index (χ4n) is 2.91. The summed E-state index contributed by atoms with van der Waals surface area (Å²) in [5, 5.41) is 3.44. The highest BCUT2D eigenvalue weighted by molar-refractivity contribution is 5.45. The van der Waals surface area contributed by atoms with Crippen LogP contribution in [-0.4, -0.2) is 24.1 Å². The maximum Gasteiger partial charge on any atom is 0.129 e. The van der Waals surface area contributed by atoms with Crippen molar-refractivity contribution in [3.05, 3.63) is 23.4 Å². The van der Waals surface area contributed by atoms with Crippen molar-refractivity contribution in [2.24, 2.45) is 0 Å². The van der Waals surface area contributed by atoms with E-state index >= 15 is 0 Å². The van der Waals surface area contributed by atoms with E-state index in [1.165, 1.54) is 36.3 Å². The minimum Gasteiger partial charge on any atom is -0.354 e. The molecule has 0 bridgehead atoms. The van der Waals surface area contributed by atoms with Crippen molar-refractivity contribution in [2.75, 3.05) is 18.0 Å². The van der Waals surface area contributed by atoms with Gasteiger partial charge in [-0.15, -0.1) is 0 Å². The second-order valence-corrected chi connectivity index (χ2v) is 7.29. The zero-order valence-corrected chi connectivity index (χ0v) is 14.4. The van der Waals surface area contributed by atoms with Crippen LogP contribution in [0.2, 0.25) is 0 Å². The smallest absolute Gasteiger partial charge is 0.129 e. The Labute approximate surface area is 130 Å². The van der Waals surface area contributed by atoms with Gasteiger partial charge in [-0.25, -0.2) is 4.98 Å². The second-order valence-electron chi connectivity index (χ2n) is 7.29. The summed E-state index contributed by atoms with van der Waals surface area (Å²) in [5.41, 5.74) is 2.64. The van der Waals surface area contributed by atoms with Gasteiger partial charge in [0.1, 0.15) is 5.82 Å². The van der Waals surface area contributed by atoms with Crippen molar-refractivity contribution in [3.63, 3.8) is 0 Å². The van der Waals surface area contributed by atoms with Crippen molar-refractivity contribution < 1.29 is 0 Å². The molecule has 1 aromatic rings. The quantitative estimate of drug-likeness (QED) is 0.912. The van der Waals surface area contributed by atoms with Crippen molar-refractivity contribution >= 4 is 5.82 Å². The van der Waals surface area contributed by atoms with Gasteiger partial charge in [-0.1, -0.05) is 27.7 Å². The molecule has 1 aromatic heterocycles. The summed E-state index contributed by atoms with van der Waals surface area (Å²) in [4.78, 5) is 7.48. The van der Waals surface area contributed by atoms with E-state index < -0.39 is 0 Å². The molecule has 21 heavy (non-hydrogen) atoms. The van der Waals surface area contributed by atoms with Crippen molar-refractivity contribution in [3.8, 4) is 0 Å². The first-order valence-corrected chi connectivity index (χ1v) is 8.40. The van der Waals surface area contributed by atoms with Gasteiger partial charge in [0.2, 0.25) is 0 Å². The molecule has 0 amide bonds. The average Bonchev–Trinajstić information content (AvgIpc) is 2.44.